The number of hydrogen-bond donors (Lipinski definition) is 0. The minimum absolute atomic E-state index is 0.664. The summed E-state index contributed by atoms with van der Waals surface area (Å²) in [6.45, 7) is 0. The zero-order valence-electron chi connectivity index (χ0n) is 32.5. The van der Waals surface area contributed by atoms with Gasteiger partial charge in [0.1, 0.15) is 0 Å². The number of nitrogens with zero attached hydrogens (tertiary/aromatic N) is 3. The van der Waals surface area contributed by atoms with Crippen LogP contribution in [0.3, 0.4) is 0 Å². The normalized spacial score (nSPS) is 14.7. The molecule has 278 valence electrons. The summed E-state index contributed by atoms with van der Waals surface area (Å²) in [6.07, 6.45) is 0. The van der Waals surface area contributed by atoms with Gasteiger partial charge in [0, 0.05) is 33.2 Å². The van der Waals surface area contributed by atoms with E-state index in [9.17, 15) is 0 Å². The Kier molecular flexibility index (Phi) is 6.93. The van der Waals surface area contributed by atoms with Gasteiger partial charge in [-0.15, -0.1) is 0 Å². The Bertz CT molecular complexity index is 3480. The molecule has 11 aromatic rings. The maximum Gasteiger partial charge on any atom is 0.160 e. The van der Waals surface area contributed by atoms with Gasteiger partial charge >= 0.3 is 0 Å². The molecule has 2 aliphatic carbocycles. The van der Waals surface area contributed by atoms with E-state index in [0.717, 1.165) is 39.6 Å². The average molecular weight is 762 g/mol. The summed E-state index contributed by atoms with van der Waals surface area (Å²) in [6, 6.07) is 77.1. The van der Waals surface area contributed by atoms with E-state index in [1.165, 1.54) is 77.1 Å². The number of para-hydroxylation sites is 2. The van der Waals surface area contributed by atoms with Crippen LogP contribution in [0.2, 0.25) is 0 Å². The lowest BCUT2D eigenvalue weighted by atomic mass is 9.72. The number of benzene rings is 9. The second kappa shape index (κ2) is 12.6. The molecule has 0 aliphatic heterocycles. The predicted molar refractivity (Wildman–Crippen MR) is 246 cm³/mol. The van der Waals surface area contributed by atoms with Gasteiger partial charge in [-0.25, -0.2) is 9.97 Å². The van der Waals surface area contributed by atoms with E-state index < -0.39 is 5.41 Å². The van der Waals surface area contributed by atoms with Crippen LogP contribution in [0.1, 0.15) is 22.4 Å². The van der Waals surface area contributed by atoms with Crippen LogP contribution in [0, 0.1) is 0 Å². The second-order valence-corrected chi connectivity index (χ2v) is 16.0. The Hall–Kier alpha value is -7.88. The molecule has 3 heteroatoms. The van der Waals surface area contributed by atoms with Gasteiger partial charge < -0.3 is 4.57 Å². The Balaban J connectivity index is 1.06. The molecule has 2 heterocycles. The maximum absolute atomic E-state index is 5.72. The van der Waals surface area contributed by atoms with Crippen molar-refractivity contribution in [2.24, 2.45) is 0 Å². The van der Waals surface area contributed by atoms with Crippen LogP contribution in [0.5, 0.6) is 0 Å². The first-order valence-electron chi connectivity index (χ1n) is 20.7. The molecule has 1 unspecified atom stereocenters. The van der Waals surface area contributed by atoms with Gasteiger partial charge in [-0.1, -0.05) is 182 Å². The highest BCUT2D eigenvalue weighted by molar-refractivity contribution is 6.09. The van der Waals surface area contributed by atoms with Crippen LogP contribution in [0.4, 0.5) is 0 Å². The van der Waals surface area contributed by atoms with E-state index in [2.05, 4.69) is 217 Å². The third-order valence-corrected chi connectivity index (χ3v) is 13.0. The summed E-state index contributed by atoms with van der Waals surface area (Å²) in [7, 11) is 0. The molecule has 2 aromatic heterocycles. The van der Waals surface area contributed by atoms with Gasteiger partial charge in [0.2, 0.25) is 0 Å². The van der Waals surface area contributed by atoms with Crippen molar-refractivity contribution in [1.82, 2.24) is 14.5 Å². The van der Waals surface area contributed by atoms with Gasteiger partial charge in [-0.2, -0.15) is 0 Å². The first kappa shape index (κ1) is 33.1. The van der Waals surface area contributed by atoms with Crippen LogP contribution >= 0.6 is 0 Å². The van der Waals surface area contributed by atoms with Crippen molar-refractivity contribution in [3.63, 3.8) is 0 Å². The Labute approximate surface area is 347 Å². The maximum atomic E-state index is 5.72. The summed E-state index contributed by atoms with van der Waals surface area (Å²) in [5, 5.41) is 4.90. The zero-order chi connectivity index (χ0) is 39.4. The van der Waals surface area contributed by atoms with Crippen molar-refractivity contribution in [3.05, 3.63) is 235 Å². The van der Waals surface area contributed by atoms with E-state index in [1.54, 1.807) is 0 Å². The molecule has 9 aromatic carbocycles. The van der Waals surface area contributed by atoms with Gasteiger partial charge in [0.15, 0.2) is 5.82 Å². The summed E-state index contributed by atoms with van der Waals surface area (Å²) in [4.78, 5) is 11.2. The fourth-order valence-electron chi connectivity index (χ4n) is 10.5. The Morgan fingerprint density at radius 3 is 1.70 bits per heavy atom. The lowest BCUT2D eigenvalue weighted by Gasteiger charge is -2.30. The van der Waals surface area contributed by atoms with Crippen LogP contribution in [-0.2, 0) is 5.41 Å². The highest BCUT2D eigenvalue weighted by Gasteiger charge is 2.54. The van der Waals surface area contributed by atoms with Crippen LogP contribution < -0.4 is 0 Å². The highest BCUT2D eigenvalue weighted by atomic mass is 15.0. The molecule has 0 saturated carbocycles. The second-order valence-electron chi connectivity index (χ2n) is 16.0. The van der Waals surface area contributed by atoms with Crippen molar-refractivity contribution in [2.45, 2.75) is 5.41 Å². The van der Waals surface area contributed by atoms with Crippen LogP contribution in [0.15, 0.2) is 212 Å². The summed E-state index contributed by atoms with van der Waals surface area (Å²) in [5.41, 5.74) is 17.9. The van der Waals surface area contributed by atoms with E-state index in [-0.39, 0.29) is 0 Å². The van der Waals surface area contributed by atoms with Crippen molar-refractivity contribution >= 4 is 32.6 Å². The van der Waals surface area contributed by atoms with E-state index in [4.69, 9.17) is 9.97 Å². The van der Waals surface area contributed by atoms with Crippen molar-refractivity contribution in [2.75, 3.05) is 0 Å². The predicted octanol–water partition coefficient (Wildman–Crippen LogP) is 14.1. The summed E-state index contributed by atoms with van der Waals surface area (Å²) < 4.78 is 2.38. The van der Waals surface area contributed by atoms with E-state index in [1.807, 2.05) is 0 Å². The van der Waals surface area contributed by atoms with Gasteiger partial charge in [-0.3, -0.25) is 0 Å². The molecule has 1 atom stereocenters. The zero-order valence-corrected chi connectivity index (χ0v) is 32.5. The molecule has 0 N–H and O–H groups in total. The SMILES string of the molecule is c1ccc(-c2nc(-c3cccc4ccccc34)c3c(n2)C2(c4ccccc4-c4ccc(-c5ccc(-n6c7ccccc7c7ccccc76)cc5)cc42)c2ccccc2-3)cc1. The molecular weight excluding hydrogens is 727 g/mol. The molecule has 3 nitrogen and oxygen atoms in total. The van der Waals surface area contributed by atoms with Crippen molar-refractivity contribution in [1.29, 1.82) is 0 Å². The molecule has 0 saturated heterocycles. The quantitative estimate of drug-likeness (QED) is 0.179. The lowest BCUT2D eigenvalue weighted by molar-refractivity contribution is 0.758. The molecule has 13 rings (SSSR count). The molecule has 2 aliphatic rings. The molecule has 60 heavy (non-hydrogen) atoms. The fraction of sp³-hybridized carbons (Fsp3) is 0.0175. The average Bonchev–Trinajstić information content (AvgIpc) is 3.93. The largest absolute Gasteiger partial charge is 0.309 e. The van der Waals surface area contributed by atoms with E-state index >= 15 is 0 Å². The number of rotatable bonds is 4. The minimum atomic E-state index is -0.664. The number of aromatic nitrogens is 3. The minimum Gasteiger partial charge on any atom is -0.309 e. The molecule has 1 spiro atoms. The van der Waals surface area contributed by atoms with Gasteiger partial charge in [0.25, 0.3) is 0 Å². The van der Waals surface area contributed by atoms with Gasteiger partial charge in [0.05, 0.1) is 27.8 Å². The van der Waals surface area contributed by atoms with E-state index in [0.29, 0.717) is 0 Å². The first-order valence-corrected chi connectivity index (χ1v) is 20.7. The third-order valence-electron chi connectivity index (χ3n) is 13.0. The van der Waals surface area contributed by atoms with Crippen molar-refractivity contribution < 1.29 is 0 Å². The van der Waals surface area contributed by atoms with Crippen molar-refractivity contribution in [3.8, 4) is 61.7 Å². The number of fused-ring (bicyclic) bond motifs is 14. The lowest BCUT2D eigenvalue weighted by Crippen LogP contribution is -2.27. The fourth-order valence-corrected chi connectivity index (χ4v) is 10.5. The molecule has 0 amide bonds. The third kappa shape index (κ3) is 4.49. The first-order chi connectivity index (χ1) is 29.8. The van der Waals surface area contributed by atoms with Gasteiger partial charge in [-0.05, 0) is 85.6 Å². The summed E-state index contributed by atoms with van der Waals surface area (Å²) in [5.74, 6) is 0.729. The monoisotopic (exact) mass is 761 g/mol. The topological polar surface area (TPSA) is 30.7 Å². The van der Waals surface area contributed by atoms with Crippen LogP contribution in [0.25, 0.3) is 94.3 Å². The Morgan fingerprint density at radius 1 is 0.367 bits per heavy atom. The molecule has 0 bridgehead atoms. The Morgan fingerprint density at radius 2 is 0.933 bits per heavy atom. The highest BCUT2D eigenvalue weighted by Crippen LogP contribution is 2.64. The molecule has 0 fully saturated rings. The molecule has 0 radical (unpaired) electrons. The smallest absolute Gasteiger partial charge is 0.160 e. The number of hydrogen-bond acceptors (Lipinski definition) is 2. The van der Waals surface area contributed by atoms with Crippen LogP contribution in [-0.4, -0.2) is 14.5 Å². The summed E-state index contributed by atoms with van der Waals surface area (Å²) >= 11 is 0. The molecular formula is C57H35N3. The standard InChI is InChI=1S/C57H35N3/c1-2-16-38(17-3-1)56-58-54(46-24-14-18-37-15-4-5-19-41(37)46)53-47-23-7-11-26-49(47)57(55(53)59-56)48-25-10-6-20-42(48)43-34-31-39(35-50(43)57)36-29-32-40(33-30-36)60-51-27-12-8-21-44(51)45-22-9-13-28-52(45)60/h1-35H.